The van der Waals surface area contributed by atoms with E-state index in [1.807, 2.05) is 0 Å². The highest BCUT2D eigenvalue weighted by molar-refractivity contribution is 4.87. The maximum absolute atomic E-state index is 5.12. The first kappa shape index (κ1) is 12.3. The molecule has 0 aliphatic rings. The predicted molar refractivity (Wildman–Crippen MR) is 58.3 cm³/mol. The van der Waals surface area contributed by atoms with E-state index in [1.165, 1.54) is 31.9 Å². The van der Waals surface area contributed by atoms with Crippen LogP contribution < -0.4 is 0 Å². The molecule has 1 unspecified atom stereocenters. The number of unbranched alkanes of at least 4 members (excludes halogenated alkanes) is 1. The second-order valence-corrected chi connectivity index (χ2v) is 3.44. The summed E-state index contributed by atoms with van der Waals surface area (Å²) in [5, 5.41) is 0. The first-order chi connectivity index (χ1) is 6.24. The Labute approximate surface area is 82.5 Å². The number of rotatable bonds is 8. The van der Waals surface area contributed by atoms with Gasteiger partial charge in [0, 0.05) is 6.42 Å². The molecule has 76 valence electrons. The summed E-state index contributed by atoms with van der Waals surface area (Å²) < 4.78 is 5.12. The highest BCUT2D eigenvalue weighted by Crippen LogP contribution is 2.20. The average molecular weight is 182 g/mol. The monoisotopic (exact) mass is 182 g/mol. The summed E-state index contributed by atoms with van der Waals surface area (Å²) in [7, 11) is 0. The van der Waals surface area contributed by atoms with Crippen LogP contribution in [0.25, 0.3) is 0 Å². The minimum Gasteiger partial charge on any atom is -0.471 e. The maximum Gasteiger partial charge on any atom is 0.0962 e. The van der Waals surface area contributed by atoms with Gasteiger partial charge in [0.1, 0.15) is 0 Å². The Morgan fingerprint density at radius 1 is 1.46 bits per heavy atom. The van der Waals surface area contributed by atoms with Crippen LogP contribution >= 0.6 is 0 Å². The fourth-order valence-corrected chi connectivity index (χ4v) is 1.43. The third-order valence-corrected chi connectivity index (χ3v) is 2.31. The molecule has 0 rings (SSSR count). The summed E-state index contributed by atoms with van der Waals surface area (Å²) in [6.45, 7) is 11.8. The molecule has 0 N–H and O–H groups in total. The highest BCUT2D eigenvalue weighted by atomic mass is 16.5. The molecule has 0 amide bonds. The largest absolute Gasteiger partial charge is 0.471 e. The van der Waals surface area contributed by atoms with Crippen molar-refractivity contribution in [3.05, 3.63) is 25.2 Å². The van der Waals surface area contributed by atoms with Gasteiger partial charge in [0.2, 0.25) is 0 Å². The molecular formula is C12H22O. The molecule has 0 fully saturated rings. The van der Waals surface area contributed by atoms with Crippen molar-refractivity contribution in [3.63, 3.8) is 0 Å². The standard InChI is InChI=1S/C12H22O/c1-5-8-9-12(6-2)10-11(4)13-7-3/h7,12H,3-6,8-10H2,1-2H3. The minimum atomic E-state index is 0.729. The number of allylic oxidation sites excluding steroid dienone is 1. The first-order valence-corrected chi connectivity index (χ1v) is 5.19. The van der Waals surface area contributed by atoms with Crippen LogP contribution in [0.15, 0.2) is 25.2 Å². The van der Waals surface area contributed by atoms with Gasteiger partial charge in [-0.3, -0.25) is 0 Å². The van der Waals surface area contributed by atoms with Crippen molar-refractivity contribution >= 4 is 0 Å². The Morgan fingerprint density at radius 2 is 2.15 bits per heavy atom. The van der Waals surface area contributed by atoms with Gasteiger partial charge in [0.05, 0.1) is 12.0 Å². The molecule has 0 aliphatic heterocycles. The summed E-state index contributed by atoms with van der Waals surface area (Å²) in [6, 6.07) is 0. The minimum absolute atomic E-state index is 0.729. The Bertz CT molecular complexity index is 149. The Balaban J connectivity index is 3.68. The van der Waals surface area contributed by atoms with Crippen LogP contribution in [0.2, 0.25) is 0 Å². The zero-order valence-corrected chi connectivity index (χ0v) is 9.01. The molecule has 1 atom stereocenters. The van der Waals surface area contributed by atoms with E-state index in [4.69, 9.17) is 4.74 Å². The number of ether oxygens (including phenoxy) is 1. The zero-order chi connectivity index (χ0) is 10.1. The zero-order valence-electron chi connectivity index (χ0n) is 9.01. The van der Waals surface area contributed by atoms with Gasteiger partial charge < -0.3 is 4.74 Å². The Kier molecular flexibility index (Phi) is 7.47. The van der Waals surface area contributed by atoms with Gasteiger partial charge in [-0.05, 0) is 5.92 Å². The molecule has 0 aliphatic carbocycles. The lowest BCUT2D eigenvalue weighted by molar-refractivity contribution is 0.300. The summed E-state index contributed by atoms with van der Waals surface area (Å²) in [5.41, 5.74) is 0. The normalized spacial score (nSPS) is 12.2. The van der Waals surface area contributed by atoms with Gasteiger partial charge in [-0.2, -0.15) is 0 Å². The van der Waals surface area contributed by atoms with E-state index in [1.54, 1.807) is 0 Å². The van der Waals surface area contributed by atoms with E-state index >= 15 is 0 Å². The molecule has 0 saturated heterocycles. The molecule has 0 radical (unpaired) electrons. The smallest absolute Gasteiger partial charge is 0.0962 e. The molecule has 0 aromatic rings. The second-order valence-electron chi connectivity index (χ2n) is 3.44. The van der Waals surface area contributed by atoms with Crippen molar-refractivity contribution < 1.29 is 4.74 Å². The summed E-state index contributed by atoms with van der Waals surface area (Å²) >= 11 is 0. The second kappa shape index (κ2) is 7.90. The van der Waals surface area contributed by atoms with Crippen molar-refractivity contribution in [1.82, 2.24) is 0 Å². The van der Waals surface area contributed by atoms with Crippen molar-refractivity contribution in [2.75, 3.05) is 0 Å². The van der Waals surface area contributed by atoms with Gasteiger partial charge in [0.15, 0.2) is 0 Å². The highest BCUT2D eigenvalue weighted by Gasteiger charge is 2.07. The lowest BCUT2D eigenvalue weighted by Gasteiger charge is -2.14. The third-order valence-electron chi connectivity index (χ3n) is 2.31. The van der Waals surface area contributed by atoms with E-state index < -0.39 is 0 Å². The van der Waals surface area contributed by atoms with E-state index in [0.717, 1.165) is 18.1 Å². The van der Waals surface area contributed by atoms with Crippen molar-refractivity contribution in [3.8, 4) is 0 Å². The van der Waals surface area contributed by atoms with E-state index in [2.05, 4.69) is 27.0 Å². The van der Waals surface area contributed by atoms with E-state index in [9.17, 15) is 0 Å². The molecule has 0 aromatic heterocycles. The fourth-order valence-electron chi connectivity index (χ4n) is 1.43. The molecule has 1 nitrogen and oxygen atoms in total. The lowest BCUT2D eigenvalue weighted by atomic mass is 9.95. The number of hydrogen-bond acceptors (Lipinski definition) is 1. The molecule has 0 aromatic carbocycles. The quantitative estimate of drug-likeness (QED) is 0.509. The lowest BCUT2D eigenvalue weighted by Crippen LogP contribution is -2.00. The number of hydrogen-bond donors (Lipinski definition) is 0. The van der Waals surface area contributed by atoms with Crippen LogP contribution in [-0.2, 0) is 4.74 Å². The molecule has 0 saturated carbocycles. The fraction of sp³-hybridized carbons (Fsp3) is 0.667. The van der Waals surface area contributed by atoms with Crippen molar-refractivity contribution in [2.24, 2.45) is 5.92 Å². The van der Waals surface area contributed by atoms with Gasteiger partial charge >= 0.3 is 0 Å². The van der Waals surface area contributed by atoms with Gasteiger partial charge in [0.25, 0.3) is 0 Å². The summed E-state index contributed by atoms with van der Waals surface area (Å²) in [4.78, 5) is 0. The topological polar surface area (TPSA) is 9.23 Å². The van der Waals surface area contributed by atoms with Gasteiger partial charge in [-0.15, -0.1) is 0 Å². The van der Waals surface area contributed by atoms with Crippen molar-refractivity contribution in [2.45, 2.75) is 46.0 Å². The Morgan fingerprint density at radius 3 is 2.62 bits per heavy atom. The van der Waals surface area contributed by atoms with Gasteiger partial charge in [-0.25, -0.2) is 0 Å². The molecule has 0 heterocycles. The SMILES string of the molecule is C=COC(=C)CC(CC)CCCC. The third kappa shape index (κ3) is 6.44. The molecule has 0 spiro atoms. The molecular weight excluding hydrogens is 160 g/mol. The van der Waals surface area contributed by atoms with E-state index in [-0.39, 0.29) is 0 Å². The maximum atomic E-state index is 5.12. The average Bonchev–Trinajstić information content (AvgIpc) is 2.12. The predicted octanol–water partition coefficient (Wildman–Crippen LogP) is 4.27. The molecule has 1 heteroatoms. The van der Waals surface area contributed by atoms with Gasteiger partial charge in [-0.1, -0.05) is 52.7 Å². The first-order valence-electron chi connectivity index (χ1n) is 5.19. The van der Waals surface area contributed by atoms with Crippen LogP contribution in [0, 0.1) is 5.92 Å². The van der Waals surface area contributed by atoms with E-state index in [0.29, 0.717) is 0 Å². The summed E-state index contributed by atoms with van der Waals surface area (Å²) in [6.07, 6.45) is 7.49. The van der Waals surface area contributed by atoms with Crippen LogP contribution in [-0.4, -0.2) is 0 Å². The van der Waals surface area contributed by atoms with Crippen LogP contribution in [0.5, 0.6) is 0 Å². The Hall–Kier alpha value is -0.720. The summed E-state index contributed by atoms with van der Waals surface area (Å²) in [5.74, 6) is 1.57. The van der Waals surface area contributed by atoms with Crippen LogP contribution in [0.4, 0.5) is 0 Å². The van der Waals surface area contributed by atoms with Crippen LogP contribution in [0.1, 0.15) is 46.0 Å². The van der Waals surface area contributed by atoms with Crippen molar-refractivity contribution in [1.29, 1.82) is 0 Å². The molecule has 0 bridgehead atoms. The van der Waals surface area contributed by atoms with Crippen LogP contribution in [0.3, 0.4) is 0 Å². The molecule has 13 heavy (non-hydrogen) atoms.